The van der Waals surface area contributed by atoms with E-state index in [0.717, 1.165) is 44.8 Å². The lowest BCUT2D eigenvalue weighted by Crippen LogP contribution is -2.52. The van der Waals surface area contributed by atoms with Crippen LogP contribution in [0.2, 0.25) is 0 Å². The summed E-state index contributed by atoms with van der Waals surface area (Å²) in [5, 5.41) is 3.24. The molecule has 0 aromatic carbocycles. The number of carbonyl (C=O) groups is 1. The van der Waals surface area contributed by atoms with Crippen LogP contribution in [-0.2, 0) is 4.74 Å². The molecular weight excluding hydrogens is 264 g/mol. The Labute approximate surface area is 126 Å². The first-order valence-electron chi connectivity index (χ1n) is 8.66. The molecule has 4 heteroatoms. The number of rotatable bonds is 2. The van der Waals surface area contributed by atoms with Gasteiger partial charge in [-0.05, 0) is 57.3 Å². The van der Waals surface area contributed by atoms with Gasteiger partial charge >= 0.3 is 6.03 Å². The number of fused-ring (bicyclic) bond motifs is 2. The molecule has 3 aliphatic heterocycles. The monoisotopic (exact) mass is 290 g/mol. The number of nitrogens with zero attached hydrogens (tertiary/aromatic N) is 1. The van der Waals surface area contributed by atoms with Gasteiger partial charge in [0, 0.05) is 31.3 Å². The molecule has 3 heterocycles. The second kappa shape index (κ2) is 5.64. The Balaban J connectivity index is 1.38. The van der Waals surface area contributed by atoms with E-state index in [1.54, 1.807) is 5.57 Å². The molecule has 2 unspecified atom stereocenters. The van der Waals surface area contributed by atoms with Gasteiger partial charge in [0.1, 0.15) is 0 Å². The molecule has 4 aliphatic rings. The van der Waals surface area contributed by atoms with Gasteiger partial charge in [-0.2, -0.15) is 0 Å². The molecule has 0 aromatic heterocycles. The van der Waals surface area contributed by atoms with E-state index in [9.17, 15) is 4.79 Å². The number of hydrogen-bond donors (Lipinski definition) is 1. The summed E-state index contributed by atoms with van der Waals surface area (Å²) in [7, 11) is 0. The molecule has 4 rings (SSSR count). The quantitative estimate of drug-likeness (QED) is 0.795. The van der Waals surface area contributed by atoms with Crippen LogP contribution in [0.1, 0.15) is 51.4 Å². The molecule has 0 aromatic rings. The van der Waals surface area contributed by atoms with Crippen molar-refractivity contribution in [3.8, 4) is 0 Å². The lowest BCUT2D eigenvalue weighted by atomic mass is 9.95. The van der Waals surface area contributed by atoms with E-state index in [-0.39, 0.29) is 6.03 Å². The Bertz CT molecular complexity index is 422. The molecule has 0 spiro atoms. The van der Waals surface area contributed by atoms with Gasteiger partial charge in [0.05, 0.1) is 0 Å². The van der Waals surface area contributed by atoms with E-state index in [2.05, 4.69) is 16.3 Å². The average Bonchev–Trinajstić information content (AvgIpc) is 3.25. The average molecular weight is 290 g/mol. The van der Waals surface area contributed by atoms with E-state index in [1.165, 1.54) is 25.7 Å². The predicted octanol–water partition coefficient (Wildman–Crippen LogP) is 2.84. The first kappa shape index (κ1) is 13.6. The standard InChI is InChI=1S/C17H26N2O2/c20-17(18-14-5-7-21-8-6-14)19-15-3-4-16(19)11-13(10-15)9-12-1-2-12/h9,12,14-16H,1-8,10-11H2,(H,18,20). The number of urea groups is 1. The summed E-state index contributed by atoms with van der Waals surface area (Å²) < 4.78 is 5.37. The van der Waals surface area contributed by atoms with Gasteiger partial charge in [0.2, 0.25) is 0 Å². The number of allylic oxidation sites excluding steroid dienone is 1. The Hall–Kier alpha value is -1.03. The SMILES string of the molecule is O=C(NC1CCOCC1)N1C2CCC1CC(=CC1CC1)C2. The second-order valence-electron chi connectivity index (χ2n) is 7.20. The maximum Gasteiger partial charge on any atom is 0.318 e. The first-order chi connectivity index (χ1) is 10.3. The van der Waals surface area contributed by atoms with Crippen molar-refractivity contribution in [1.29, 1.82) is 0 Å². The Kier molecular flexibility index (Phi) is 3.66. The second-order valence-corrected chi connectivity index (χ2v) is 7.20. The number of ether oxygens (including phenoxy) is 1. The highest BCUT2D eigenvalue weighted by molar-refractivity contribution is 5.76. The summed E-state index contributed by atoms with van der Waals surface area (Å²) in [6.45, 7) is 1.57. The molecule has 1 aliphatic carbocycles. The van der Waals surface area contributed by atoms with Crippen molar-refractivity contribution in [2.75, 3.05) is 13.2 Å². The van der Waals surface area contributed by atoms with Gasteiger partial charge in [0.15, 0.2) is 0 Å². The smallest absolute Gasteiger partial charge is 0.318 e. The molecule has 2 bridgehead atoms. The molecule has 1 saturated carbocycles. The highest BCUT2D eigenvalue weighted by atomic mass is 16.5. The fraction of sp³-hybridized carbons (Fsp3) is 0.824. The van der Waals surface area contributed by atoms with Crippen molar-refractivity contribution in [2.45, 2.75) is 69.5 Å². The van der Waals surface area contributed by atoms with E-state index >= 15 is 0 Å². The third-order valence-corrected chi connectivity index (χ3v) is 5.49. The molecule has 2 amide bonds. The van der Waals surface area contributed by atoms with Gasteiger partial charge in [-0.3, -0.25) is 0 Å². The first-order valence-corrected chi connectivity index (χ1v) is 8.66. The minimum absolute atomic E-state index is 0.180. The van der Waals surface area contributed by atoms with E-state index in [1.807, 2.05) is 0 Å². The Morgan fingerprint density at radius 3 is 2.33 bits per heavy atom. The predicted molar refractivity (Wildman–Crippen MR) is 81.1 cm³/mol. The van der Waals surface area contributed by atoms with E-state index in [4.69, 9.17) is 4.74 Å². The van der Waals surface area contributed by atoms with Crippen molar-refractivity contribution in [2.24, 2.45) is 5.92 Å². The molecule has 21 heavy (non-hydrogen) atoms. The van der Waals surface area contributed by atoms with Crippen LogP contribution >= 0.6 is 0 Å². The normalized spacial score (nSPS) is 33.1. The summed E-state index contributed by atoms with van der Waals surface area (Å²) in [4.78, 5) is 14.8. The highest BCUT2D eigenvalue weighted by Gasteiger charge is 2.42. The van der Waals surface area contributed by atoms with Gasteiger partial charge < -0.3 is 15.0 Å². The summed E-state index contributed by atoms with van der Waals surface area (Å²) in [5.41, 5.74) is 1.63. The van der Waals surface area contributed by atoms with Crippen molar-refractivity contribution in [1.82, 2.24) is 10.2 Å². The lowest BCUT2D eigenvalue weighted by molar-refractivity contribution is 0.0762. The molecule has 2 atom stereocenters. The topological polar surface area (TPSA) is 41.6 Å². The van der Waals surface area contributed by atoms with Crippen molar-refractivity contribution in [3.05, 3.63) is 11.6 Å². The third-order valence-electron chi connectivity index (χ3n) is 5.49. The van der Waals surface area contributed by atoms with Crippen LogP contribution < -0.4 is 5.32 Å². The van der Waals surface area contributed by atoms with Crippen molar-refractivity contribution in [3.63, 3.8) is 0 Å². The maximum absolute atomic E-state index is 12.6. The molecular formula is C17H26N2O2. The number of nitrogens with one attached hydrogen (secondary N) is 1. The molecule has 3 saturated heterocycles. The largest absolute Gasteiger partial charge is 0.381 e. The van der Waals surface area contributed by atoms with Gasteiger partial charge in [-0.1, -0.05) is 11.6 Å². The van der Waals surface area contributed by atoms with Crippen LogP contribution in [0.15, 0.2) is 11.6 Å². The van der Waals surface area contributed by atoms with Crippen LogP contribution in [0, 0.1) is 5.92 Å². The molecule has 1 N–H and O–H groups in total. The zero-order valence-electron chi connectivity index (χ0n) is 12.7. The minimum Gasteiger partial charge on any atom is -0.381 e. The van der Waals surface area contributed by atoms with E-state index < -0.39 is 0 Å². The Morgan fingerprint density at radius 2 is 1.71 bits per heavy atom. The zero-order valence-corrected chi connectivity index (χ0v) is 12.7. The van der Waals surface area contributed by atoms with E-state index in [0.29, 0.717) is 18.1 Å². The summed E-state index contributed by atoms with van der Waals surface area (Å²) in [5.74, 6) is 0.863. The van der Waals surface area contributed by atoms with Gasteiger partial charge in [-0.25, -0.2) is 4.79 Å². The zero-order chi connectivity index (χ0) is 14.2. The van der Waals surface area contributed by atoms with Crippen LogP contribution in [0.5, 0.6) is 0 Å². The van der Waals surface area contributed by atoms with Crippen LogP contribution in [0.3, 0.4) is 0 Å². The third kappa shape index (κ3) is 2.96. The number of carbonyl (C=O) groups excluding carboxylic acids is 1. The van der Waals surface area contributed by atoms with Gasteiger partial charge in [-0.15, -0.1) is 0 Å². The van der Waals surface area contributed by atoms with Crippen LogP contribution in [0.25, 0.3) is 0 Å². The Morgan fingerprint density at radius 1 is 1.05 bits per heavy atom. The minimum atomic E-state index is 0.180. The van der Waals surface area contributed by atoms with Crippen LogP contribution in [-0.4, -0.2) is 42.3 Å². The molecule has 116 valence electrons. The number of piperidine rings is 1. The summed E-state index contributed by atoms with van der Waals surface area (Å²) in [6.07, 6.45) is 11.8. The van der Waals surface area contributed by atoms with Gasteiger partial charge in [0.25, 0.3) is 0 Å². The maximum atomic E-state index is 12.6. The lowest BCUT2D eigenvalue weighted by Gasteiger charge is -2.37. The fourth-order valence-electron chi connectivity index (χ4n) is 4.21. The molecule has 4 nitrogen and oxygen atoms in total. The summed E-state index contributed by atoms with van der Waals surface area (Å²) in [6, 6.07) is 1.40. The summed E-state index contributed by atoms with van der Waals surface area (Å²) >= 11 is 0. The highest BCUT2D eigenvalue weighted by Crippen LogP contribution is 2.41. The molecule has 0 radical (unpaired) electrons. The van der Waals surface area contributed by atoms with Crippen molar-refractivity contribution < 1.29 is 9.53 Å². The van der Waals surface area contributed by atoms with Crippen molar-refractivity contribution >= 4 is 6.03 Å². The van der Waals surface area contributed by atoms with Crippen LogP contribution in [0.4, 0.5) is 4.79 Å². The number of amides is 2. The molecule has 4 fully saturated rings. The fourth-order valence-corrected chi connectivity index (χ4v) is 4.21. The number of hydrogen-bond acceptors (Lipinski definition) is 2.